The third kappa shape index (κ3) is 2.77. The van der Waals surface area contributed by atoms with Crippen LogP contribution >= 0.6 is 0 Å². The number of aryl methyl sites for hydroxylation is 1. The maximum atomic E-state index is 12.6. The summed E-state index contributed by atoms with van der Waals surface area (Å²) >= 11 is 0. The highest BCUT2D eigenvalue weighted by Crippen LogP contribution is 2.28. The molecule has 1 amide bonds. The van der Waals surface area contributed by atoms with E-state index in [2.05, 4.69) is 9.88 Å². The minimum absolute atomic E-state index is 0.0115. The fraction of sp³-hybridized carbons (Fsp3) is 0.429. The van der Waals surface area contributed by atoms with Gasteiger partial charge in [0.05, 0.1) is 11.0 Å². The Hall–Kier alpha value is -2.80. The number of aromatic nitrogens is 3. The van der Waals surface area contributed by atoms with Crippen LogP contribution in [0, 0.1) is 0 Å². The molecule has 0 radical (unpaired) electrons. The topological polar surface area (TPSA) is 66.3 Å². The van der Waals surface area contributed by atoms with Crippen LogP contribution < -0.4 is 5.69 Å². The number of nitrogens with one attached hydrogen (secondary N) is 1. The van der Waals surface area contributed by atoms with E-state index in [1.165, 1.54) is 0 Å². The molecule has 28 heavy (non-hydrogen) atoms. The van der Waals surface area contributed by atoms with E-state index in [4.69, 9.17) is 0 Å². The molecule has 2 fully saturated rings. The number of piperidine rings is 1. The van der Waals surface area contributed by atoms with Gasteiger partial charge >= 0.3 is 5.69 Å². The second kappa shape index (κ2) is 6.67. The number of nitrogens with zero attached hydrogens (tertiary/aromatic N) is 4. The molecule has 1 aromatic carbocycles. The summed E-state index contributed by atoms with van der Waals surface area (Å²) in [4.78, 5) is 32.3. The zero-order valence-corrected chi connectivity index (χ0v) is 16.0. The van der Waals surface area contributed by atoms with Crippen LogP contribution in [0.3, 0.4) is 0 Å². The maximum absolute atomic E-state index is 12.6. The van der Waals surface area contributed by atoms with E-state index in [0.29, 0.717) is 6.04 Å². The van der Waals surface area contributed by atoms with E-state index in [1.807, 2.05) is 63.7 Å². The summed E-state index contributed by atoms with van der Waals surface area (Å²) in [5.41, 5.74) is 2.64. The molecule has 5 rings (SSSR count). The van der Waals surface area contributed by atoms with Crippen molar-refractivity contribution in [2.75, 3.05) is 26.2 Å². The number of carbonyl (C=O) groups is 1. The van der Waals surface area contributed by atoms with E-state index in [-0.39, 0.29) is 17.6 Å². The van der Waals surface area contributed by atoms with Gasteiger partial charge in [-0.25, -0.2) is 4.79 Å². The van der Waals surface area contributed by atoms with Crippen LogP contribution in [-0.2, 0) is 7.05 Å². The number of amides is 1. The number of likely N-dealkylation sites (tertiary alicyclic amines) is 2. The minimum atomic E-state index is -0.0115. The molecule has 0 aliphatic carbocycles. The molecular formula is C21H25N5O2. The van der Waals surface area contributed by atoms with E-state index in [1.54, 1.807) is 0 Å². The van der Waals surface area contributed by atoms with Crippen molar-refractivity contribution < 1.29 is 4.79 Å². The first kappa shape index (κ1) is 17.3. The lowest BCUT2D eigenvalue weighted by Gasteiger charge is -2.47. The number of imidazole rings is 1. The molecule has 2 aliphatic rings. The van der Waals surface area contributed by atoms with Gasteiger partial charge in [0, 0.05) is 51.5 Å². The van der Waals surface area contributed by atoms with Crippen LogP contribution in [0.25, 0.3) is 11.0 Å². The van der Waals surface area contributed by atoms with E-state index in [0.717, 1.165) is 55.7 Å². The van der Waals surface area contributed by atoms with Gasteiger partial charge in [-0.15, -0.1) is 0 Å². The van der Waals surface area contributed by atoms with Crippen molar-refractivity contribution in [3.05, 3.63) is 58.8 Å². The molecule has 3 aromatic rings. The maximum Gasteiger partial charge on any atom is 0.326 e. The zero-order chi connectivity index (χ0) is 19.3. The average molecular weight is 379 g/mol. The quantitative estimate of drug-likeness (QED) is 0.755. The van der Waals surface area contributed by atoms with Crippen molar-refractivity contribution in [2.24, 2.45) is 7.05 Å². The Kier molecular flexibility index (Phi) is 4.12. The molecule has 2 aromatic heterocycles. The molecule has 2 aliphatic heterocycles. The molecule has 1 N–H and O–H groups in total. The summed E-state index contributed by atoms with van der Waals surface area (Å²) in [6.07, 6.45) is 3.83. The number of hydrogen-bond acceptors (Lipinski definition) is 3. The third-order valence-corrected chi connectivity index (χ3v) is 6.32. The zero-order valence-electron chi connectivity index (χ0n) is 16.0. The first-order chi connectivity index (χ1) is 13.6. The van der Waals surface area contributed by atoms with Crippen molar-refractivity contribution in [1.29, 1.82) is 0 Å². The van der Waals surface area contributed by atoms with Crippen LogP contribution in [-0.4, -0.2) is 62.0 Å². The highest BCUT2D eigenvalue weighted by Gasteiger charge is 2.37. The third-order valence-electron chi connectivity index (χ3n) is 6.32. The lowest BCUT2D eigenvalue weighted by Crippen LogP contribution is -2.62. The van der Waals surface area contributed by atoms with E-state index < -0.39 is 0 Å². The molecule has 0 atom stereocenters. The predicted molar refractivity (Wildman–Crippen MR) is 108 cm³/mol. The second-order valence-corrected chi connectivity index (χ2v) is 7.95. The number of carbonyl (C=O) groups excluding carboxylic acids is 1. The van der Waals surface area contributed by atoms with E-state index >= 15 is 0 Å². The SMILES string of the molecule is Cn1cccc1C(=O)N1CC(N2CCC(n3c(=O)[nH]c4ccccc43)CC2)C1. The predicted octanol–water partition coefficient (Wildman–Crippen LogP) is 1.83. The molecule has 0 unspecified atom stereocenters. The van der Waals surface area contributed by atoms with Gasteiger partial charge < -0.3 is 14.5 Å². The fourth-order valence-electron chi connectivity index (χ4n) is 4.64. The number of hydrogen-bond donors (Lipinski definition) is 1. The van der Waals surface area contributed by atoms with Crippen molar-refractivity contribution in [1.82, 2.24) is 23.9 Å². The Morgan fingerprint density at radius 1 is 1.04 bits per heavy atom. The molecule has 2 saturated heterocycles. The van der Waals surface area contributed by atoms with Gasteiger partial charge in [-0.3, -0.25) is 14.3 Å². The normalized spacial score (nSPS) is 19.2. The first-order valence-corrected chi connectivity index (χ1v) is 9.96. The van der Waals surface area contributed by atoms with Crippen LogP contribution in [0.5, 0.6) is 0 Å². The summed E-state index contributed by atoms with van der Waals surface area (Å²) in [5, 5.41) is 0. The number of rotatable bonds is 3. The average Bonchev–Trinajstić information content (AvgIpc) is 3.23. The summed E-state index contributed by atoms with van der Waals surface area (Å²) in [7, 11) is 1.90. The molecule has 0 saturated carbocycles. The van der Waals surface area contributed by atoms with Crippen molar-refractivity contribution in [2.45, 2.75) is 24.9 Å². The Morgan fingerprint density at radius 2 is 1.79 bits per heavy atom. The van der Waals surface area contributed by atoms with Crippen LogP contribution in [0.4, 0.5) is 0 Å². The number of para-hydroxylation sites is 2. The number of H-pyrrole nitrogens is 1. The van der Waals surface area contributed by atoms with Crippen LogP contribution in [0.15, 0.2) is 47.4 Å². The Labute approximate surface area is 163 Å². The monoisotopic (exact) mass is 379 g/mol. The Morgan fingerprint density at radius 3 is 2.50 bits per heavy atom. The lowest BCUT2D eigenvalue weighted by molar-refractivity contribution is 0.0147. The lowest BCUT2D eigenvalue weighted by atomic mass is 9.99. The molecule has 0 bridgehead atoms. The molecular weight excluding hydrogens is 354 g/mol. The van der Waals surface area contributed by atoms with Crippen molar-refractivity contribution >= 4 is 16.9 Å². The highest BCUT2D eigenvalue weighted by molar-refractivity contribution is 5.93. The summed E-state index contributed by atoms with van der Waals surface area (Å²) in [5.74, 6) is 0.115. The van der Waals surface area contributed by atoms with Gasteiger partial charge in [-0.1, -0.05) is 12.1 Å². The minimum Gasteiger partial charge on any atom is -0.347 e. The summed E-state index contributed by atoms with van der Waals surface area (Å²) in [6.45, 7) is 3.52. The summed E-state index contributed by atoms with van der Waals surface area (Å²) in [6, 6.07) is 12.3. The van der Waals surface area contributed by atoms with E-state index in [9.17, 15) is 9.59 Å². The van der Waals surface area contributed by atoms with Crippen LogP contribution in [0.1, 0.15) is 29.4 Å². The number of fused-ring (bicyclic) bond motifs is 1. The molecule has 7 heteroatoms. The first-order valence-electron chi connectivity index (χ1n) is 9.96. The van der Waals surface area contributed by atoms with Crippen molar-refractivity contribution in [3.8, 4) is 0 Å². The smallest absolute Gasteiger partial charge is 0.326 e. The van der Waals surface area contributed by atoms with Gasteiger partial charge in [0.15, 0.2) is 0 Å². The van der Waals surface area contributed by atoms with Crippen LogP contribution in [0.2, 0.25) is 0 Å². The van der Waals surface area contributed by atoms with Gasteiger partial charge in [0.2, 0.25) is 0 Å². The number of aromatic amines is 1. The number of benzene rings is 1. The van der Waals surface area contributed by atoms with Gasteiger partial charge in [-0.05, 0) is 37.1 Å². The Bertz CT molecular complexity index is 1060. The second-order valence-electron chi connectivity index (χ2n) is 7.95. The molecule has 146 valence electrons. The standard InChI is InChI=1S/C21H25N5O2/c1-23-10-4-7-19(23)20(27)25-13-16(14-25)24-11-8-15(9-12-24)26-18-6-3-2-5-17(18)22-21(26)28/h2-7,10,15-16H,8-9,11-14H2,1H3,(H,22,28). The molecule has 7 nitrogen and oxygen atoms in total. The van der Waals surface area contributed by atoms with Gasteiger partial charge in [0.25, 0.3) is 5.91 Å². The van der Waals surface area contributed by atoms with Gasteiger partial charge in [-0.2, -0.15) is 0 Å². The largest absolute Gasteiger partial charge is 0.347 e. The molecule has 0 spiro atoms. The fourth-order valence-corrected chi connectivity index (χ4v) is 4.64. The Balaban J connectivity index is 1.21. The van der Waals surface area contributed by atoms with Crippen molar-refractivity contribution in [3.63, 3.8) is 0 Å². The summed E-state index contributed by atoms with van der Waals surface area (Å²) < 4.78 is 3.80. The van der Waals surface area contributed by atoms with Gasteiger partial charge in [0.1, 0.15) is 5.69 Å². The highest BCUT2D eigenvalue weighted by atomic mass is 16.2. The molecule has 4 heterocycles.